The van der Waals surface area contributed by atoms with Gasteiger partial charge in [-0.2, -0.15) is 0 Å². The standard InChI is InChI=1S/C16H16ClN5O.C16H15ClN4O.C15H14ClN5O.C15H13ClN4O.C14H11ClN4O2.C13H9ClN4OS/c1-8-16(22(3)9(2)20-8)15-14(19-7-13(18)21-15)10-4-5-12(23)11(17)6-10;1-8-5-11(9(2)20-8)16-15(19-7-14(18)21-16)10-3-4-13(22)12(17)6-10;1-8-18-6-11(21(8)2)15-14(19-7-13(17)20-15)9-3-4-12(22)10(16)5-9;1-8-4-10(6-18-8)15-14(19-7-13(17)20-15)9-2-3-12(21)11(16)5-9;1-7-9(5-18-21-7)14-13(17-6-12(16)19-14)8-2-3-11(20)10(15)4-8;14-8-3-7(1-2-9(8)19)12-13(10-4-16-6-20-10)18-11(15)5-17-12/h4-7,23H,1-3H3,(H2,18,21);3-4,6-7,22H,5H2,1-2H3,(H2,18,21);3-7,22H,1-2H3,(H2,17,20);2-3,5-7,21H,4H2,1H3,(H2,17,20);2-6,20H,1H3,(H2,16,19);1-6,19H,(H2,15,18). The Morgan fingerprint density at radius 3 is 1.07 bits per heavy atom. The number of phenolic OH excluding ortho intramolecular Hbond substituents is 6. The third-order valence-electron chi connectivity index (χ3n) is 19.6. The van der Waals surface area contributed by atoms with Crippen molar-refractivity contribution in [3.05, 3.63) is 247 Å². The van der Waals surface area contributed by atoms with Crippen molar-refractivity contribution in [1.29, 1.82) is 0 Å². The van der Waals surface area contributed by atoms with Crippen molar-refractivity contribution in [1.82, 2.24) is 89.1 Å². The van der Waals surface area contributed by atoms with E-state index in [4.69, 9.17) is 109 Å². The van der Waals surface area contributed by atoms with E-state index in [1.807, 2.05) is 64.8 Å². The average Bonchev–Trinajstić information content (AvgIpc) is 1.83. The molecule has 0 radical (unpaired) electrons. The lowest BCUT2D eigenvalue weighted by atomic mass is 10.0. The fourth-order valence-electron chi connectivity index (χ4n) is 13.2. The van der Waals surface area contributed by atoms with Gasteiger partial charge in [0.2, 0.25) is 0 Å². The van der Waals surface area contributed by atoms with Crippen molar-refractivity contribution in [3.8, 4) is 147 Å². The van der Waals surface area contributed by atoms with Gasteiger partial charge in [0.1, 0.15) is 110 Å². The number of aryl methyl sites for hydroxylation is 4. The highest BCUT2D eigenvalue weighted by atomic mass is 35.5. The van der Waals surface area contributed by atoms with Crippen LogP contribution in [0.2, 0.25) is 30.1 Å². The number of thiazole rings is 1. The SMILES string of the molecule is CC1=NC(C)=C(c2nc(N)cnc2-c2ccc(O)c(Cl)c2)C1.CC1=NC=C(c2nc(N)cnc2-c2ccc(O)c(Cl)c2)C1.Cc1nc(C)n(C)c1-c1nc(N)cnc1-c1ccc(O)c(Cl)c1.Cc1ncc(-c2nc(N)cnc2-c2ccc(O)c(Cl)c2)n1C.Cc1oncc1-c1nc(N)cnc1-c1ccc(O)c(Cl)c1.Nc1cnc(-c2ccc(O)c(Cl)c2)c(-c2cncs2)n1. The molecule has 0 atom stereocenters. The lowest BCUT2D eigenvalue weighted by molar-refractivity contribution is 0.398. The molecule has 0 fully saturated rings. The second-order valence-corrected chi connectivity index (χ2v) is 32.1. The molecule has 18 N–H and O–H groups in total. The molecule has 16 aromatic rings. The zero-order valence-electron chi connectivity index (χ0n) is 69.8. The summed E-state index contributed by atoms with van der Waals surface area (Å²) in [5.41, 5.74) is 56.6. The van der Waals surface area contributed by atoms with Crippen LogP contribution < -0.4 is 34.4 Å². The molecule has 0 bridgehead atoms. The number of allylic oxidation sites excluding steroid dienone is 3. The number of hydrogen-bond donors (Lipinski definition) is 12. The third-order valence-corrected chi connectivity index (χ3v) is 22.2. The Morgan fingerprint density at radius 1 is 0.364 bits per heavy atom. The first-order valence-electron chi connectivity index (χ1n) is 38.5. The summed E-state index contributed by atoms with van der Waals surface area (Å²) in [7, 11) is 3.82. The highest BCUT2D eigenvalue weighted by molar-refractivity contribution is 7.13. The Balaban J connectivity index is 0.000000132. The quantitative estimate of drug-likeness (QED) is 0.0540. The Kier molecular flexibility index (Phi) is 28.4. The first-order valence-corrected chi connectivity index (χ1v) is 41.7. The number of hydrogen-bond acceptors (Lipinski definition) is 32. The molecular weight excluding hydrogens is 1790 g/mol. The maximum atomic E-state index is 9.61. The monoisotopic (exact) mass is 1860 g/mol. The van der Waals surface area contributed by atoms with E-state index in [1.54, 1.807) is 110 Å². The summed E-state index contributed by atoms with van der Waals surface area (Å²) in [6.45, 7) is 13.4. The first-order chi connectivity index (χ1) is 61.5. The molecule has 6 aromatic carbocycles. The topological polar surface area (TPSA) is 531 Å². The highest BCUT2D eigenvalue weighted by Crippen LogP contribution is 2.43. The van der Waals surface area contributed by atoms with Gasteiger partial charge in [0.05, 0.1) is 158 Å². The van der Waals surface area contributed by atoms with Crippen LogP contribution in [-0.2, 0) is 14.1 Å². The maximum absolute atomic E-state index is 9.61. The maximum Gasteiger partial charge on any atom is 0.143 e. The number of benzene rings is 6. The van der Waals surface area contributed by atoms with Gasteiger partial charge in [-0.05, 0) is 158 Å². The summed E-state index contributed by atoms with van der Waals surface area (Å²) in [6.07, 6.45) is 17.2. The molecule has 0 spiro atoms. The summed E-state index contributed by atoms with van der Waals surface area (Å²) in [6, 6.07) is 29.4. The number of imidazole rings is 2. The van der Waals surface area contributed by atoms with E-state index in [0.717, 1.165) is 103 Å². The van der Waals surface area contributed by atoms with Crippen molar-refractivity contribution >= 4 is 138 Å². The molecule has 12 heterocycles. The van der Waals surface area contributed by atoms with Crippen molar-refractivity contribution in [2.45, 2.75) is 61.3 Å². The van der Waals surface area contributed by atoms with Crippen molar-refractivity contribution in [2.75, 3.05) is 34.4 Å². The number of anilines is 6. The molecule has 2 aliphatic rings. The Hall–Kier alpha value is -14.8. The molecule has 10 aromatic heterocycles. The van der Waals surface area contributed by atoms with Crippen LogP contribution in [0, 0.1) is 27.7 Å². The smallest absolute Gasteiger partial charge is 0.143 e. The van der Waals surface area contributed by atoms with Gasteiger partial charge in [-0.3, -0.25) is 44.9 Å². The number of nitrogen functional groups attached to an aromatic ring is 6. The van der Waals surface area contributed by atoms with E-state index >= 15 is 0 Å². The molecule has 0 saturated carbocycles. The fourth-order valence-corrected chi connectivity index (χ4v) is 14.9. The van der Waals surface area contributed by atoms with E-state index in [2.05, 4.69) is 89.9 Å². The van der Waals surface area contributed by atoms with Gasteiger partial charge >= 0.3 is 0 Å². The van der Waals surface area contributed by atoms with Gasteiger partial charge in [-0.15, -0.1) is 11.3 Å². The van der Waals surface area contributed by atoms with E-state index in [9.17, 15) is 30.6 Å². The zero-order valence-corrected chi connectivity index (χ0v) is 75.2. The Bertz CT molecular complexity index is 7110. The molecular formula is C89H78Cl6N26O7S. The largest absolute Gasteiger partial charge is 0.506 e. The predicted molar refractivity (Wildman–Crippen MR) is 507 cm³/mol. The summed E-state index contributed by atoms with van der Waals surface area (Å²) in [4.78, 5) is 74.9. The number of rotatable bonds is 12. The minimum atomic E-state index is 0.00605. The summed E-state index contributed by atoms with van der Waals surface area (Å²) >= 11 is 37.3. The van der Waals surface area contributed by atoms with E-state index in [1.165, 1.54) is 84.9 Å². The number of aliphatic imine (C=N–C) groups is 2. The van der Waals surface area contributed by atoms with Gasteiger partial charge in [0, 0.05) is 101 Å². The summed E-state index contributed by atoms with van der Waals surface area (Å²) in [5.74, 6) is 4.46. The fraction of sp³-hybridized carbons (Fsp3) is 0.124. The second-order valence-electron chi connectivity index (χ2n) is 28.8. The number of aromatic hydroxyl groups is 6. The van der Waals surface area contributed by atoms with Crippen LogP contribution in [0.3, 0.4) is 0 Å². The van der Waals surface area contributed by atoms with Crippen LogP contribution in [0.1, 0.15) is 68.1 Å². The summed E-state index contributed by atoms with van der Waals surface area (Å²) < 4.78 is 8.93. The second kappa shape index (κ2) is 39.8. The van der Waals surface area contributed by atoms with Gasteiger partial charge < -0.3 is 78.7 Å². The number of nitrogens with zero attached hydrogens (tertiary/aromatic N) is 20. The highest BCUT2D eigenvalue weighted by Gasteiger charge is 2.26. The van der Waals surface area contributed by atoms with Crippen LogP contribution >= 0.6 is 80.9 Å². The van der Waals surface area contributed by atoms with Gasteiger partial charge in [0.25, 0.3) is 0 Å². The molecule has 0 unspecified atom stereocenters. The van der Waals surface area contributed by atoms with E-state index in [-0.39, 0.29) is 64.6 Å². The van der Waals surface area contributed by atoms with Crippen LogP contribution in [0.5, 0.6) is 34.5 Å². The average molecular weight is 1870 g/mol. The molecule has 129 heavy (non-hydrogen) atoms. The third kappa shape index (κ3) is 21.3. The molecule has 2 aliphatic heterocycles. The minimum absolute atomic E-state index is 0.00605. The molecule has 0 saturated heterocycles. The molecule has 0 aliphatic carbocycles. The van der Waals surface area contributed by atoms with Crippen LogP contribution in [0.25, 0.3) is 123 Å². The number of aromatic nitrogens is 18. The van der Waals surface area contributed by atoms with Gasteiger partial charge in [-0.1, -0.05) is 74.8 Å². The summed E-state index contributed by atoms with van der Waals surface area (Å²) in [5, 5.41) is 62.6. The molecule has 40 heteroatoms. The molecule has 654 valence electrons. The van der Waals surface area contributed by atoms with E-state index < -0.39 is 0 Å². The van der Waals surface area contributed by atoms with Crippen molar-refractivity contribution < 1.29 is 35.2 Å². The van der Waals surface area contributed by atoms with Crippen molar-refractivity contribution in [3.63, 3.8) is 0 Å². The Morgan fingerprint density at radius 2 is 0.729 bits per heavy atom. The van der Waals surface area contributed by atoms with Crippen LogP contribution in [0.4, 0.5) is 34.9 Å². The van der Waals surface area contributed by atoms with E-state index in [0.29, 0.717) is 120 Å². The van der Waals surface area contributed by atoms with Crippen LogP contribution in [-0.4, -0.2) is 131 Å². The predicted octanol–water partition coefficient (Wildman–Crippen LogP) is 19.1. The number of phenols is 6. The van der Waals surface area contributed by atoms with Gasteiger partial charge in [-0.25, -0.2) is 39.9 Å². The van der Waals surface area contributed by atoms with Crippen molar-refractivity contribution in [2.24, 2.45) is 24.1 Å². The Labute approximate surface area is 770 Å². The lowest BCUT2D eigenvalue weighted by Crippen LogP contribution is -2.03. The molecule has 0 amide bonds. The number of halogens is 6. The van der Waals surface area contributed by atoms with Gasteiger partial charge in [0.15, 0.2) is 0 Å². The molecule has 33 nitrogen and oxygen atoms in total. The normalized spacial score (nSPS) is 11.9. The van der Waals surface area contributed by atoms with Crippen LogP contribution in [0.15, 0.2) is 197 Å². The first kappa shape index (κ1) is 91.9. The zero-order chi connectivity index (χ0) is 92.5. The molecule has 18 rings (SSSR count). The number of nitrogens with two attached hydrogens (primary N) is 6. The minimum Gasteiger partial charge on any atom is -0.506 e. The lowest BCUT2D eigenvalue weighted by Gasteiger charge is -2.11.